The van der Waals surface area contributed by atoms with Crippen LogP contribution in [0.3, 0.4) is 0 Å². The molecule has 0 amide bonds. The molecule has 0 aliphatic heterocycles. The van der Waals surface area contributed by atoms with Crippen molar-refractivity contribution in [3.05, 3.63) is 64.0 Å². The zero-order chi connectivity index (χ0) is 18.8. The standard InChI is InChI=1S/C24H28N2O/c1-4-24(17-8-6-5-7-9-17)20-16(13-23(2,3)14-19(20)27)12-18-21(24)22(26-25-18)15-10-11-15/h5-9,15H,4,10-14H2,1-3H3,(H,25,26)/t24-/m1/s1. The molecular formula is C24H28N2O. The van der Waals surface area contributed by atoms with E-state index in [4.69, 9.17) is 5.10 Å². The summed E-state index contributed by atoms with van der Waals surface area (Å²) in [6.45, 7) is 6.69. The molecule has 1 saturated carbocycles. The molecule has 0 spiro atoms. The summed E-state index contributed by atoms with van der Waals surface area (Å²) in [5, 5.41) is 8.17. The van der Waals surface area contributed by atoms with E-state index in [0.717, 1.165) is 24.8 Å². The summed E-state index contributed by atoms with van der Waals surface area (Å²) in [5.74, 6) is 0.914. The van der Waals surface area contributed by atoms with E-state index in [2.05, 4.69) is 56.2 Å². The number of allylic oxidation sites excluding steroid dienone is 2. The van der Waals surface area contributed by atoms with Crippen LogP contribution in [0.2, 0.25) is 0 Å². The first kappa shape index (κ1) is 17.0. The topological polar surface area (TPSA) is 45.8 Å². The average Bonchev–Trinajstić information content (AvgIpc) is 3.39. The highest BCUT2D eigenvalue weighted by Gasteiger charge is 2.52. The van der Waals surface area contributed by atoms with Gasteiger partial charge in [0.2, 0.25) is 0 Å². The first-order valence-electron chi connectivity index (χ1n) is 10.3. The minimum Gasteiger partial charge on any atom is -0.294 e. The van der Waals surface area contributed by atoms with E-state index in [9.17, 15) is 4.79 Å². The number of ketones is 1. The third kappa shape index (κ3) is 2.40. The van der Waals surface area contributed by atoms with Gasteiger partial charge in [0, 0.05) is 35.6 Å². The number of carbonyl (C=O) groups excluding carboxylic acids is 1. The second-order valence-electron chi connectivity index (χ2n) is 9.46. The molecule has 0 radical (unpaired) electrons. The molecule has 1 N–H and O–H groups in total. The molecule has 1 aromatic carbocycles. The average molecular weight is 361 g/mol. The molecule has 1 atom stereocenters. The van der Waals surface area contributed by atoms with Crippen LogP contribution in [0.25, 0.3) is 0 Å². The van der Waals surface area contributed by atoms with Crippen LogP contribution in [0.1, 0.15) is 81.3 Å². The summed E-state index contributed by atoms with van der Waals surface area (Å²) < 4.78 is 0. The number of Topliss-reactive ketones (excluding diaryl/α,β-unsaturated/α-hetero) is 1. The normalized spacial score (nSPS) is 26.7. The summed E-state index contributed by atoms with van der Waals surface area (Å²) in [7, 11) is 0. The van der Waals surface area contributed by atoms with E-state index >= 15 is 0 Å². The van der Waals surface area contributed by atoms with Gasteiger partial charge in [0.05, 0.1) is 11.1 Å². The fourth-order valence-corrected chi connectivity index (χ4v) is 5.70. The van der Waals surface area contributed by atoms with Crippen LogP contribution in [-0.4, -0.2) is 16.0 Å². The van der Waals surface area contributed by atoms with Crippen LogP contribution in [0.15, 0.2) is 41.5 Å². The zero-order valence-corrected chi connectivity index (χ0v) is 16.6. The van der Waals surface area contributed by atoms with E-state index in [1.54, 1.807) is 0 Å². The van der Waals surface area contributed by atoms with Gasteiger partial charge in [-0.1, -0.05) is 56.7 Å². The van der Waals surface area contributed by atoms with Crippen molar-refractivity contribution in [3.8, 4) is 0 Å². The van der Waals surface area contributed by atoms with E-state index in [1.165, 1.54) is 40.9 Å². The van der Waals surface area contributed by atoms with Crippen LogP contribution < -0.4 is 0 Å². The maximum Gasteiger partial charge on any atom is 0.160 e. The van der Waals surface area contributed by atoms with Gasteiger partial charge in [-0.25, -0.2) is 0 Å². The molecule has 5 rings (SSSR count). The number of benzene rings is 1. The molecule has 3 heteroatoms. The largest absolute Gasteiger partial charge is 0.294 e. The van der Waals surface area contributed by atoms with Crippen LogP contribution in [-0.2, 0) is 16.6 Å². The Hall–Kier alpha value is -2.16. The number of hydrogen-bond donors (Lipinski definition) is 1. The van der Waals surface area contributed by atoms with Crippen LogP contribution in [0.5, 0.6) is 0 Å². The van der Waals surface area contributed by atoms with Crippen molar-refractivity contribution in [2.75, 3.05) is 0 Å². The van der Waals surface area contributed by atoms with Gasteiger partial charge in [-0.15, -0.1) is 0 Å². The Labute approximate surface area is 161 Å². The Morgan fingerprint density at radius 1 is 1.15 bits per heavy atom. The SMILES string of the molecule is CC[C@@]1(c2ccccc2)C2=C(Cc3[nH]nc(C4CC4)c31)CC(C)(C)CC2=O. The van der Waals surface area contributed by atoms with Crippen molar-refractivity contribution in [3.63, 3.8) is 0 Å². The van der Waals surface area contributed by atoms with E-state index in [0.29, 0.717) is 18.1 Å². The Bertz CT molecular complexity index is 946. The summed E-state index contributed by atoms with van der Waals surface area (Å²) >= 11 is 0. The minimum absolute atomic E-state index is 0.0446. The van der Waals surface area contributed by atoms with Gasteiger partial charge in [0.25, 0.3) is 0 Å². The van der Waals surface area contributed by atoms with Crippen LogP contribution in [0.4, 0.5) is 0 Å². The van der Waals surface area contributed by atoms with Gasteiger partial charge in [-0.05, 0) is 36.7 Å². The summed E-state index contributed by atoms with van der Waals surface area (Å²) in [6, 6.07) is 10.7. The molecule has 2 aromatic rings. The smallest absolute Gasteiger partial charge is 0.160 e. The maximum atomic E-state index is 13.5. The Morgan fingerprint density at radius 3 is 2.56 bits per heavy atom. The molecular weight excluding hydrogens is 332 g/mol. The molecule has 27 heavy (non-hydrogen) atoms. The number of nitrogens with one attached hydrogen (secondary N) is 1. The van der Waals surface area contributed by atoms with Gasteiger partial charge in [0.1, 0.15) is 0 Å². The third-order valence-electron chi connectivity index (χ3n) is 6.84. The van der Waals surface area contributed by atoms with Crippen molar-refractivity contribution in [2.24, 2.45) is 5.41 Å². The number of aromatic amines is 1. The lowest BCUT2D eigenvalue weighted by Gasteiger charge is -2.45. The van der Waals surface area contributed by atoms with Gasteiger partial charge < -0.3 is 0 Å². The van der Waals surface area contributed by atoms with Gasteiger partial charge in [0.15, 0.2) is 5.78 Å². The summed E-state index contributed by atoms with van der Waals surface area (Å²) in [4.78, 5) is 13.5. The molecule has 1 heterocycles. The summed E-state index contributed by atoms with van der Waals surface area (Å²) in [5.41, 5.74) is 7.16. The molecule has 3 aliphatic carbocycles. The highest BCUT2D eigenvalue weighted by molar-refractivity contribution is 6.01. The Kier molecular flexibility index (Phi) is 3.56. The number of hydrogen-bond acceptors (Lipinski definition) is 2. The number of nitrogens with zero attached hydrogens (tertiary/aromatic N) is 1. The molecule has 1 fully saturated rings. The Balaban J connectivity index is 1.82. The quantitative estimate of drug-likeness (QED) is 0.815. The summed E-state index contributed by atoms with van der Waals surface area (Å²) in [6.07, 6.45) is 5.84. The van der Waals surface area contributed by atoms with Crippen molar-refractivity contribution in [1.82, 2.24) is 10.2 Å². The predicted molar refractivity (Wildman–Crippen MR) is 107 cm³/mol. The number of H-pyrrole nitrogens is 1. The molecule has 3 aliphatic rings. The van der Waals surface area contributed by atoms with Crippen molar-refractivity contribution >= 4 is 5.78 Å². The number of rotatable bonds is 3. The third-order valence-corrected chi connectivity index (χ3v) is 6.84. The number of carbonyl (C=O) groups is 1. The van der Waals surface area contributed by atoms with Crippen molar-refractivity contribution in [1.29, 1.82) is 0 Å². The lowest BCUT2D eigenvalue weighted by Crippen LogP contribution is -2.42. The second kappa shape index (κ2) is 5.67. The van der Waals surface area contributed by atoms with E-state index in [-0.39, 0.29) is 10.8 Å². The van der Waals surface area contributed by atoms with Gasteiger partial charge in [-0.3, -0.25) is 9.89 Å². The molecule has 140 valence electrons. The lowest BCUT2D eigenvalue weighted by molar-refractivity contribution is -0.118. The molecule has 0 saturated heterocycles. The van der Waals surface area contributed by atoms with Crippen LogP contribution >= 0.6 is 0 Å². The lowest BCUT2D eigenvalue weighted by atomic mass is 9.56. The second-order valence-corrected chi connectivity index (χ2v) is 9.46. The molecule has 0 unspecified atom stereocenters. The molecule has 3 nitrogen and oxygen atoms in total. The molecule has 1 aromatic heterocycles. The minimum atomic E-state index is -0.345. The fourth-order valence-electron chi connectivity index (χ4n) is 5.70. The van der Waals surface area contributed by atoms with E-state index < -0.39 is 0 Å². The first-order valence-corrected chi connectivity index (χ1v) is 10.3. The molecule has 0 bridgehead atoms. The Morgan fingerprint density at radius 2 is 1.89 bits per heavy atom. The maximum absolute atomic E-state index is 13.5. The highest BCUT2D eigenvalue weighted by atomic mass is 16.1. The van der Waals surface area contributed by atoms with Gasteiger partial charge in [-0.2, -0.15) is 5.10 Å². The van der Waals surface area contributed by atoms with Gasteiger partial charge >= 0.3 is 0 Å². The number of fused-ring (bicyclic) bond motifs is 1. The highest BCUT2D eigenvalue weighted by Crippen LogP contribution is 2.56. The monoisotopic (exact) mass is 360 g/mol. The van der Waals surface area contributed by atoms with E-state index in [1.807, 2.05) is 0 Å². The first-order chi connectivity index (χ1) is 13.0. The fraction of sp³-hybridized carbons (Fsp3) is 0.500. The zero-order valence-electron chi connectivity index (χ0n) is 16.6. The van der Waals surface area contributed by atoms with Crippen molar-refractivity contribution in [2.45, 2.75) is 70.6 Å². The predicted octanol–water partition coefficient (Wildman–Crippen LogP) is 5.23. The van der Waals surface area contributed by atoms with Crippen LogP contribution in [0, 0.1) is 5.41 Å². The number of aromatic nitrogens is 2. The van der Waals surface area contributed by atoms with Crippen molar-refractivity contribution < 1.29 is 4.79 Å².